The van der Waals surface area contributed by atoms with Gasteiger partial charge in [-0.1, -0.05) is 60.7 Å². The number of carbonyl (C=O) groups excluding carboxylic acids is 2. The number of phenols is 2. The smallest absolute Gasteiger partial charge is 0.226 e. The second-order valence-corrected chi connectivity index (χ2v) is 8.03. The Morgan fingerprint density at radius 3 is 1.91 bits per heavy atom. The Balaban J connectivity index is 1.50. The van der Waals surface area contributed by atoms with Gasteiger partial charge in [0.25, 0.3) is 0 Å². The van der Waals surface area contributed by atoms with Crippen LogP contribution in [0, 0.1) is 6.92 Å². The predicted octanol–water partition coefficient (Wildman–Crippen LogP) is 5.59. The van der Waals surface area contributed by atoms with E-state index in [0.717, 1.165) is 5.56 Å². The maximum absolute atomic E-state index is 12.8. The van der Waals surface area contributed by atoms with Crippen LogP contribution in [0.15, 0.2) is 91.0 Å². The molecule has 0 saturated heterocycles. The van der Waals surface area contributed by atoms with Gasteiger partial charge in [-0.25, -0.2) is 0 Å². The van der Waals surface area contributed by atoms with E-state index in [9.17, 15) is 19.8 Å². The minimum absolute atomic E-state index is 0.0363. The highest BCUT2D eigenvalue weighted by Crippen LogP contribution is 2.31. The fraction of sp³-hybridized carbons (Fsp3) is 0.103. The Bertz CT molecular complexity index is 1360. The van der Waals surface area contributed by atoms with E-state index in [1.165, 1.54) is 37.4 Å². The summed E-state index contributed by atoms with van der Waals surface area (Å²) in [4.78, 5) is 25.4. The largest absolute Gasteiger partial charge is 0.507 e. The van der Waals surface area contributed by atoms with Crippen LogP contribution in [0.2, 0.25) is 0 Å². The van der Waals surface area contributed by atoms with Gasteiger partial charge in [0.05, 0.1) is 11.1 Å². The van der Waals surface area contributed by atoms with E-state index >= 15 is 0 Å². The van der Waals surface area contributed by atoms with Gasteiger partial charge in [0.2, 0.25) is 6.29 Å². The average molecular weight is 469 g/mol. The Morgan fingerprint density at radius 1 is 0.714 bits per heavy atom. The summed E-state index contributed by atoms with van der Waals surface area (Å²) in [6.07, 6.45) is -0.807. The van der Waals surface area contributed by atoms with Gasteiger partial charge < -0.3 is 19.7 Å². The van der Waals surface area contributed by atoms with Crippen LogP contribution in [-0.4, -0.2) is 28.9 Å². The molecule has 0 spiro atoms. The van der Waals surface area contributed by atoms with Crippen molar-refractivity contribution in [2.75, 3.05) is 7.11 Å². The normalized spacial score (nSPS) is 11.6. The van der Waals surface area contributed by atoms with Gasteiger partial charge in [0, 0.05) is 29.9 Å². The molecular formula is C29H24O6. The minimum Gasteiger partial charge on any atom is -0.507 e. The third-order valence-electron chi connectivity index (χ3n) is 5.55. The zero-order valence-corrected chi connectivity index (χ0v) is 19.3. The lowest BCUT2D eigenvalue weighted by Gasteiger charge is -2.18. The fourth-order valence-electron chi connectivity index (χ4n) is 3.68. The molecule has 0 aliphatic heterocycles. The first kappa shape index (κ1) is 23.7. The minimum atomic E-state index is -0.807. The monoisotopic (exact) mass is 468 g/mol. The Hall–Kier alpha value is -4.42. The van der Waals surface area contributed by atoms with Gasteiger partial charge in [-0.05, 0) is 36.8 Å². The average Bonchev–Trinajstić information content (AvgIpc) is 2.87. The first-order valence-corrected chi connectivity index (χ1v) is 10.9. The van der Waals surface area contributed by atoms with E-state index in [0.29, 0.717) is 16.7 Å². The number of hydrogen-bond donors (Lipinski definition) is 2. The number of benzene rings is 4. The van der Waals surface area contributed by atoms with Gasteiger partial charge >= 0.3 is 0 Å². The number of phenolic OH excluding ortho intramolecular Hbond substituents is 2. The lowest BCUT2D eigenvalue weighted by Crippen LogP contribution is -2.11. The third-order valence-corrected chi connectivity index (χ3v) is 5.55. The van der Waals surface area contributed by atoms with Gasteiger partial charge in [0.1, 0.15) is 17.2 Å². The molecule has 35 heavy (non-hydrogen) atoms. The molecule has 0 aromatic heterocycles. The molecular weight excluding hydrogens is 444 g/mol. The topological polar surface area (TPSA) is 93.1 Å². The van der Waals surface area contributed by atoms with Crippen molar-refractivity contribution in [1.29, 1.82) is 0 Å². The predicted molar refractivity (Wildman–Crippen MR) is 131 cm³/mol. The van der Waals surface area contributed by atoms with Crippen LogP contribution in [0.1, 0.15) is 49.3 Å². The number of aryl methyl sites for hydroxylation is 1. The highest BCUT2D eigenvalue weighted by atomic mass is 16.7. The van der Waals surface area contributed by atoms with Crippen molar-refractivity contribution in [1.82, 2.24) is 0 Å². The summed E-state index contributed by atoms with van der Waals surface area (Å²) < 4.78 is 11.3. The molecule has 1 atom stereocenters. The van der Waals surface area contributed by atoms with Gasteiger partial charge in [-0.15, -0.1) is 0 Å². The van der Waals surface area contributed by atoms with Crippen molar-refractivity contribution >= 4 is 11.6 Å². The molecule has 4 aromatic rings. The van der Waals surface area contributed by atoms with Crippen LogP contribution in [0.5, 0.6) is 17.2 Å². The molecule has 4 aromatic carbocycles. The quantitative estimate of drug-likeness (QED) is 0.259. The summed E-state index contributed by atoms with van der Waals surface area (Å²) in [5.74, 6) is -0.747. The number of ketones is 2. The van der Waals surface area contributed by atoms with E-state index < -0.39 is 12.1 Å². The first-order valence-electron chi connectivity index (χ1n) is 10.9. The number of ether oxygens (including phenoxy) is 2. The van der Waals surface area contributed by atoms with Gasteiger partial charge in [-0.3, -0.25) is 9.59 Å². The van der Waals surface area contributed by atoms with Crippen LogP contribution in [-0.2, 0) is 4.74 Å². The lowest BCUT2D eigenvalue weighted by atomic mass is 10.00. The van der Waals surface area contributed by atoms with Crippen molar-refractivity contribution in [3.8, 4) is 17.2 Å². The van der Waals surface area contributed by atoms with Crippen LogP contribution < -0.4 is 4.74 Å². The van der Waals surface area contributed by atoms with E-state index in [1.54, 1.807) is 49.4 Å². The van der Waals surface area contributed by atoms with E-state index in [2.05, 4.69) is 0 Å². The molecule has 0 radical (unpaired) electrons. The number of hydrogen-bond acceptors (Lipinski definition) is 6. The molecule has 6 nitrogen and oxygen atoms in total. The zero-order chi connectivity index (χ0) is 24.9. The summed E-state index contributed by atoms with van der Waals surface area (Å²) >= 11 is 0. The summed E-state index contributed by atoms with van der Waals surface area (Å²) in [6, 6.07) is 24.9. The molecule has 0 fully saturated rings. The van der Waals surface area contributed by atoms with Crippen LogP contribution in [0.3, 0.4) is 0 Å². The molecule has 6 heteroatoms. The summed E-state index contributed by atoms with van der Waals surface area (Å²) in [5, 5.41) is 20.6. The summed E-state index contributed by atoms with van der Waals surface area (Å²) in [5.41, 5.74) is 2.75. The summed E-state index contributed by atoms with van der Waals surface area (Å²) in [7, 11) is 1.48. The molecule has 0 amide bonds. The van der Waals surface area contributed by atoms with E-state index in [4.69, 9.17) is 9.47 Å². The van der Waals surface area contributed by atoms with Gasteiger partial charge in [0.15, 0.2) is 11.6 Å². The maximum atomic E-state index is 12.8. The Kier molecular flexibility index (Phi) is 6.94. The van der Waals surface area contributed by atoms with Crippen molar-refractivity contribution < 1.29 is 29.3 Å². The summed E-state index contributed by atoms with van der Waals surface area (Å²) in [6.45, 7) is 1.80. The Morgan fingerprint density at radius 2 is 1.31 bits per heavy atom. The molecule has 0 aliphatic carbocycles. The molecule has 4 rings (SSSR count). The van der Waals surface area contributed by atoms with E-state index in [-0.39, 0.29) is 34.2 Å². The number of rotatable bonds is 8. The van der Waals surface area contributed by atoms with Crippen molar-refractivity contribution in [3.63, 3.8) is 0 Å². The molecule has 2 N–H and O–H groups in total. The molecule has 0 heterocycles. The van der Waals surface area contributed by atoms with Crippen LogP contribution in [0.25, 0.3) is 0 Å². The van der Waals surface area contributed by atoms with Gasteiger partial charge in [-0.2, -0.15) is 0 Å². The zero-order valence-electron chi connectivity index (χ0n) is 19.3. The first-order chi connectivity index (χ1) is 16.9. The third kappa shape index (κ3) is 5.23. The number of carbonyl (C=O) groups is 2. The number of methoxy groups -OCH3 is 1. The maximum Gasteiger partial charge on any atom is 0.226 e. The molecule has 1 unspecified atom stereocenters. The standard InChI is InChI=1S/C29H24O6/c1-18-8-14-23(25(30)16-18)28(33)24-15-13-22(17-26(24)31)35-29(34-2)21-11-9-20(10-12-21)27(32)19-6-4-3-5-7-19/h3-17,29-31H,1-2H3. The van der Waals surface area contributed by atoms with E-state index in [1.807, 2.05) is 18.2 Å². The Labute approximate surface area is 203 Å². The molecule has 0 bridgehead atoms. The molecule has 0 saturated carbocycles. The highest BCUT2D eigenvalue weighted by Gasteiger charge is 2.19. The van der Waals surface area contributed by atoms with Crippen molar-refractivity contribution in [3.05, 3.63) is 124 Å². The molecule has 0 aliphatic rings. The second kappa shape index (κ2) is 10.2. The van der Waals surface area contributed by atoms with Crippen LogP contribution in [0.4, 0.5) is 0 Å². The van der Waals surface area contributed by atoms with Crippen molar-refractivity contribution in [2.45, 2.75) is 13.2 Å². The van der Waals surface area contributed by atoms with Crippen LogP contribution >= 0.6 is 0 Å². The highest BCUT2D eigenvalue weighted by molar-refractivity contribution is 6.12. The second-order valence-electron chi connectivity index (χ2n) is 8.03. The fourth-order valence-corrected chi connectivity index (χ4v) is 3.68. The SMILES string of the molecule is COC(Oc1ccc(C(=O)c2ccc(C)cc2O)c(O)c1)c1ccc(C(=O)c2ccccc2)cc1. The lowest BCUT2D eigenvalue weighted by molar-refractivity contribution is -0.0563. The number of aromatic hydroxyl groups is 2. The van der Waals surface area contributed by atoms with Crippen molar-refractivity contribution in [2.24, 2.45) is 0 Å². The molecule has 176 valence electrons.